The summed E-state index contributed by atoms with van der Waals surface area (Å²) >= 11 is 0. The summed E-state index contributed by atoms with van der Waals surface area (Å²) in [6.45, 7) is -0.00152. The van der Waals surface area contributed by atoms with E-state index in [0.29, 0.717) is 12.0 Å². The van der Waals surface area contributed by atoms with Crippen LogP contribution in [0.15, 0.2) is 18.2 Å². The molecule has 4 nitrogen and oxygen atoms in total. The Morgan fingerprint density at radius 1 is 1.19 bits per heavy atom. The summed E-state index contributed by atoms with van der Waals surface area (Å²) in [6.07, 6.45) is 0.375. The van der Waals surface area contributed by atoms with E-state index in [1.165, 1.54) is 12.1 Å². The minimum Gasteiger partial charge on any atom is -0.395 e. The number of carbonyl (C=O) groups is 2. The minimum atomic E-state index is -0.634. The lowest BCUT2D eigenvalue weighted by Gasteiger charge is -1.93. The molecule has 0 bridgehead atoms. The summed E-state index contributed by atoms with van der Waals surface area (Å²) in [6, 6.07) is 4.68. The van der Waals surface area contributed by atoms with Gasteiger partial charge in [-0.2, -0.15) is 0 Å². The second-order valence-electron chi connectivity index (χ2n) is 3.21. The molecule has 4 heteroatoms. The van der Waals surface area contributed by atoms with E-state index in [2.05, 4.69) is 16.6 Å². The van der Waals surface area contributed by atoms with Crippen LogP contribution in [0.25, 0.3) is 0 Å². The molecular formula is C12H8O4. The molecule has 0 atom stereocenters. The van der Waals surface area contributed by atoms with Crippen molar-refractivity contribution in [1.82, 2.24) is 0 Å². The topological polar surface area (TPSA) is 63.6 Å². The van der Waals surface area contributed by atoms with Gasteiger partial charge in [0.2, 0.25) is 0 Å². The highest BCUT2D eigenvalue weighted by atomic mass is 16.6. The van der Waals surface area contributed by atoms with Crippen molar-refractivity contribution in [2.75, 3.05) is 6.61 Å². The molecule has 1 aromatic carbocycles. The highest BCUT2D eigenvalue weighted by Gasteiger charge is 2.29. The van der Waals surface area contributed by atoms with Gasteiger partial charge >= 0.3 is 11.9 Å². The number of carbonyl (C=O) groups excluding carboxylic acids is 2. The Kier molecular flexibility index (Phi) is 2.71. The maximum atomic E-state index is 11.2. The van der Waals surface area contributed by atoms with Crippen LogP contribution in [0.2, 0.25) is 0 Å². The molecule has 0 saturated heterocycles. The largest absolute Gasteiger partial charge is 0.395 e. The van der Waals surface area contributed by atoms with E-state index in [1.807, 2.05) is 0 Å². The van der Waals surface area contributed by atoms with E-state index in [4.69, 9.17) is 5.11 Å². The number of hydrogen-bond donors (Lipinski definition) is 1. The quantitative estimate of drug-likeness (QED) is 0.427. The summed E-state index contributed by atoms with van der Waals surface area (Å²) in [4.78, 5) is 22.4. The Bertz CT molecular complexity index is 520. The zero-order valence-corrected chi connectivity index (χ0v) is 8.32. The molecule has 1 aliphatic heterocycles. The third kappa shape index (κ3) is 1.81. The third-order valence-corrected chi connectivity index (χ3v) is 2.11. The van der Waals surface area contributed by atoms with Crippen molar-refractivity contribution >= 4 is 11.9 Å². The van der Waals surface area contributed by atoms with Gasteiger partial charge in [0, 0.05) is 12.0 Å². The first-order valence-corrected chi connectivity index (χ1v) is 4.72. The van der Waals surface area contributed by atoms with Crippen LogP contribution in [0, 0.1) is 11.8 Å². The molecule has 2 rings (SSSR count). The van der Waals surface area contributed by atoms with Gasteiger partial charge in [0.05, 0.1) is 17.7 Å². The molecule has 0 aromatic heterocycles. The average molecular weight is 216 g/mol. The Hall–Kier alpha value is -2.12. The van der Waals surface area contributed by atoms with E-state index in [9.17, 15) is 9.59 Å². The van der Waals surface area contributed by atoms with E-state index < -0.39 is 11.9 Å². The molecule has 80 valence electrons. The number of cyclic esters (lactones) is 2. The lowest BCUT2D eigenvalue weighted by atomic mass is 10.1. The number of esters is 2. The Morgan fingerprint density at radius 3 is 2.69 bits per heavy atom. The maximum absolute atomic E-state index is 11.2. The molecule has 0 radical (unpaired) electrons. The third-order valence-electron chi connectivity index (χ3n) is 2.11. The molecule has 0 spiro atoms. The van der Waals surface area contributed by atoms with Gasteiger partial charge in [-0.05, 0) is 18.2 Å². The van der Waals surface area contributed by atoms with Crippen molar-refractivity contribution in [2.45, 2.75) is 6.42 Å². The van der Waals surface area contributed by atoms with Crippen LogP contribution in [0.5, 0.6) is 0 Å². The predicted octanol–water partition coefficient (Wildman–Crippen LogP) is 0.731. The van der Waals surface area contributed by atoms with Crippen molar-refractivity contribution in [3.63, 3.8) is 0 Å². The first kappa shape index (κ1) is 10.4. The second-order valence-corrected chi connectivity index (χ2v) is 3.21. The molecule has 0 aliphatic carbocycles. The summed E-state index contributed by atoms with van der Waals surface area (Å²) in [5.41, 5.74) is 1.15. The van der Waals surface area contributed by atoms with E-state index in [-0.39, 0.29) is 17.7 Å². The Morgan fingerprint density at radius 2 is 1.94 bits per heavy atom. The zero-order valence-electron chi connectivity index (χ0n) is 8.32. The van der Waals surface area contributed by atoms with Gasteiger partial charge in [-0.15, -0.1) is 0 Å². The number of rotatable bonds is 1. The van der Waals surface area contributed by atoms with Crippen LogP contribution in [0.1, 0.15) is 32.7 Å². The molecule has 1 aromatic rings. The summed E-state index contributed by atoms with van der Waals surface area (Å²) in [5, 5.41) is 8.55. The molecule has 16 heavy (non-hydrogen) atoms. The fourth-order valence-electron chi connectivity index (χ4n) is 1.38. The molecule has 0 unspecified atom stereocenters. The van der Waals surface area contributed by atoms with Crippen molar-refractivity contribution in [1.29, 1.82) is 0 Å². The van der Waals surface area contributed by atoms with Crippen molar-refractivity contribution < 1.29 is 19.4 Å². The highest BCUT2D eigenvalue weighted by Crippen LogP contribution is 2.20. The lowest BCUT2D eigenvalue weighted by Crippen LogP contribution is -1.96. The lowest BCUT2D eigenvalue weighted by molar-refractivity contribution is 0.0444. The van der Waals surface area contributed by atoms with Gasteiger partial charge in [0.1, 0.15) is 0 Å². The number of aliphatic hydroxyl groups excluding tert-OH is 1. The minimum absolute atomic E-state index is 0.00152. The van der Waals surface area contributed by atoms with Crippen molar-refractivity contribution in [3.05, 3.63) is 34.9 Å². The maximum Gasteiger partial charge on any atom is 0.346 e. The van der Waals surface area contributed by atoms with Crippen LogP contribution in [0.4, 0.5) is 0 Å². The van der Waals surface area contributed by atoms with Crippen molar-refractivity contribution in [2.24, 2.45) is 0 Å². The SMILES string of the molecule is O=C1OC(=O)c2cc(C#CCCO)ccc21. The molecule has 1 N–H and O–H groups in total. The smallest absolute Gasteiger partial charge is 0.346 e. The fourth-order valence-corrected chi connectivity index (χ4v) is 1.38. The van der Waals surface area contributed by atoms with Crippen LogP contribution in [0.3, 0.4) is 0 Å². The molecule has 0 saturated carbocycles. The molecule has 1 aliphatic rings. The standard InChI is InChI=1S/C12H8O4/c13-6-2-1-3-8-4-5-9-10(7-8)12(15)16-11(9)14/h4-5,7,13H,2,6H2. The average Bonchev–Trinajstić information content (AvgIpc) is 2.55. The van der Waals surface area contributed by atoms with Gasteiger partial charge in [-0.3, -0.25) is 0 Å². The highest BCUT2D eigenvalue weighted by molar-refractivity contribution is 6.14. The van der Waals surface area contributed by atoms with Crippen LogP contribution in [-0.2, 0) is 4.74 Å². The second kappa shape index (κ2) is 4.17. The van der Waals surface area contributed by atoms with Crippen LogP contribution < -0.4 is 0 Å². The van der Waals surface area contributed by atoms with Crippen LogP contribution >= 0.6 is 0 Å². The summed E-state index contributed by atoms with van der Waals surface area (Å²) < 4.78 is 4.45. The van der Waals surface area contributed by atoms with Gasteiger partial charge in [-0.25, -0.2) is 9.59 Å². The number of hydrogen-bond acceptors (Lipinski definition) is 4. The Balaban J connectivity index is 2.34. The number of fused-ring (bicyclic) bond motifs is 1. The van der Waals surface area contributed by atoms with E-state index >= 15 is 0 Å². The van der Waals surface area contributed by atoms with Gasteiger partial charge in [0.15, 0.2) is 0 Å². The van der Waals surface area contributed by atoms with Gasteiger partial charge in [0.25, 0.3) is 0 Å². The number of ether oxygens (including phenoxy) is 1. The summed E-state index contributed by atoms with van der Waals surface area (Å²) in [7, 11) is 0. The van der Waals surface area contributed by atoms with E-state index in [0.717, 1.165) is 0 Å². The monoisotopic (exact) mass is 216 g/mol. The molecular weight excluding hydrogens is 208 g/mol. The van der Waals surface area contributed by atoms with E-state index in [1.54, 1.807) is 6.07 Å². The summed E-state index contributed by atoms with van der Waals surface area (Å²) in [5.74, 6) is 4.26. The molecule has 1 heterocycles. The number of aliphatic hydroxyl groups is 1. The first-order chi connectivity index (χ1) is 7.72. The first-order valence-electron chi connectivity index (χ1n) is 4.72. The van der Waals surface area contributed by atoms with Crippen LogP contribution in [-0.4, -0.2) is 23.7 Å². The Labute approximate surface area is 91.8 Å². The van der Waals surface area contributed by atoms with Gasteiger partial charge < -0.3 is 9.84 Å². The normalized spacial score (nSPS) is 12.8. The predicted molar refractivity (Wildman–Crippen MR) is 54.8 cm³/mol. The molecule has 0 fully saturated rings. The zero-order chi connectivity index (χ0) is 11.5. The van der Waals surface area contributed by atoms with Crippen molar-refractivity contribution in [3.8, 4) is 11.8 Å². The number of benzene rings is 1. The van der Waals surface area contributed by atoms with Gasteiger partial charge in [-0.1, -0.05) is 11.8 Å². The molecule has 0 amide bonds. The fraction of sp³-hybridized carbons (Fsp3) is 0.167.